The van der Waals surface area contributed by atoms with Crippen molar-refractivity contribution in [3.05, 3.63) is 48.6 Å². The SMILES string of the molecule is CC/C=C/C/C=C/C/C=C/CCCCCCCC(=O)OC[C@H](CO[C@@H]1O[C@H](CO[C@@H]2O[C@H](CO)[C@H](O)C(O)C2O)[C@H](O)C(O)C1O)OC(=O)CC/C=C/CCCCCCCCCCCCC. The van der Waals surface area contributed by atoms with Crippen LogP contribution in [-0.2, 0) is 38.0 Å². The lowest BCUT2D eigenvalue weighted by molar-refractivity contribution is -0.332. The summed E-state index contributed by atoms with van der Waals surface area (Å²) in [4.78, 5) is 25.7. The van der Waals surface area contributed by atoms with E-state index in [0.29, 0.717) is 12.8 Å². The summed E-state index contributed by atoms with van der Waals surface area (Å²) in [5.41, 5.74) is 0. The number of hydrogen-bond donors (Lipinski definition) is 7. The fourth-order valence-electron chi connectivity index (χ4n) is 7.66. The van der Waals surface area contributed by atoms with Crippen molar-refractivity contribution < 1.29 is 73.8 Å². The van der Waals surface area contributed by atoms with Gasteiger partial charge in [-0.05, 0) is 57.8 Å². The smallest absolute Gasteiger partial charge is 0.306 e. The Bertz CT molecular complexity index is 1340. The molecule has 0 aromatic heterocycles. The lowest BCUT2D eigenvalue weighted by Crippen LogP contribution is -2.61. The maximum atomic E-state index is 13.0. The third kappa shape index (κ3) is 26.3. The van der Waals surface area contributed by atoms with Gasteiger partial charge >= 0.3 is 11.9 Å². The molecule has 0 aliphatic carbocycles. The molecule has 382 valence electrons. The molecule has 0 bridgehead atoms. The molecule has 2 aliphatic rings. The highest BCUT2D eigenvalue weighted by molar-refractivity contribution is 5.70. The Kier molecular flexibility index (Phi) is 34.6. The Balaban J connectivity index is 1.84. The average molecular weight is 941 g/mol. The molecular weight excluding hydrogens is 853 g/mol. The quantitative estimate of drug-likeness (QED) is 0.0194. The first kappa shape index (κ1) is 59.6. The van der Waals surface area contributed by atoms with Crippen LogP contribution in [0.5, 0.6) is 0 Å². The van der Waals surface area contributed by atoms with Crippen LogP contribution in [0.1, 0.15) is 168 Å². The molecule has 15 nitrogen and oxygen atoms in total. The zero-order valence-corrected chi connectivity index (χ0v) is 40.2. The molecule has 2 rings (SSSR count). The number of ether oxygens (including phenoxy) is 6. The number of carbonyl (C=O) groups is 2. The third-order valence-electron chi connectivity index (χ3n) is 11.8. The van der Waals surface area contributed by atoms with Gasteiger partial charge in [-0.3, -0.25) is 9.59 Å². The van der Waals surface area contributed by atoms with E-state index in [1.165, 1.54) is 64.2 Å². The minimum absolute atomic E-state index is 0.0772. The van der Waals surface area contributed by atoms with Crippen molar-refractivity contribution >= 4 is 11.9 Å². The lowest BCUT2D eigenvalue weighted by Gasteiger charge is -2.42. The van der Waals surface area contributed by atoms with Crippen molar-refractivity contribution in [3.8, 4) is 0 Å². The topological polar surface area (TPSA) is 231 Å². The highest BCUT2D eigenvalue weighted by atomic mass is 16.7. The molecule has 0 saturated carbocycles. The van der Waals surface area contributed by atoms with Crippen LogP contribution in [0.25, 0.3) is 0 Å². The van der Waals surface area contributed by atoms with Gasteiger partial charge in [-0.2, -0.15) is 0 Å². The van der Waals surface area contributed by atoms with Crippen molar-refractivity contribution in [2.75, 3.05) is 26.4 Å². The van der Waals surface area contributed by atoms with E-state index >= 15 is 0 Å². The van der Waals surface area contributed by atoms with Gasteiger partial charge in [-0.15, -0.1) is 0 Å². The molecule has 0 amide bonds. The van der Waals surface area contributed by atoms with E-state index in [2.05, 4.69) is 56.4 Å². The second kappa shape index (κ2) is 38.3. The van der Waals surface area contributed by atoms with Crippen LogP contribution in [-0.4, -0.2) is 142 Å². The van der Waals surface area contributed by atoms with Gasteiger partial charge in [0.25, 0.3) is 0 Å². The second-order valence-corrected chi connectivity index (χ2v) is 17.6. The Morgan fingerprint density at radius 2 is 0.985 bits per heavy atom. The van der Waals surface area contributed by atoms with Crippen molar-refractivity contribution in [1.82, 2.24) is 0 Å². The summed E-state index contributed by atoms with van der Waals surface area (Å²) >= 11 is 0. The molecule has 4 unspecified atom stereocenters. The van der Waals surface area contributed by atoms with E-state index in [1.807, 2.05) is 6.08 Å². The summed E-state index contributed by atoms with van der Waals surface area (Å²) in [6, 6.07) is 0. The van der Waals surface area contributed by atoms with E-state index in [-0.39, 0.29) is 19.4 Å². The molecule has 7 N–H and O–H groups in total. The zero-order chi connectivity index (χ0) is 48.2. The largest absolute Gasteiger partial charge is 0.462 e. The number of esters is 2. The van der Waals surface area contributed by atoms with Crippen LogP contribution in [0.4, 0.5) is 0 Å². The van der Waals surface area contributed by atoms with Crippen LogP contribution in [0.15, 0.2) is 48.6 Å². The summed E-state index contributed by atoms with van der Waals surface area (Å²) in [7, 11) is 0. The molecule has 0 aromatic rings. The zero-order valence-electron chi connectivity index (χ0n) is 40.2. The van der Waals surface area contributed by atoms with Crippen LogP contribution >= 0.6 is 0 Å². The molecule has 2 heterocycles. The number of carbonyl (C=O) groups excluding carboxylic acids is 2. The first-order valence-electron chi connectivity index (χ1n) is 25.2. The van der Waals surface area contributed by atoms with Crippen LogP contribution < -0.4 is 0 Å². The second-order valence-electron chi connectivity index (χ2n) is 17.6. The van der Waals surface area contributed by atoms with Crippen LogP contribution in [0.2, 0.25) is 0 Å². The Morgan fingerprint density at radius 1 is 0.500 bits per heavy atom. The van der Waals surface area contributed by atoms with Crippen molar-refractivity contribution in [2.45, 2.75) is 235 Å². The molecule has 2 aliphatic heterocycles. The van der Waals surface area contributed by atoms with E-state index in [9.17, 15) is 45.3 Å². The first-order valence-corrected chi connectivity index (χ1v) is 25.2. The van der Waals surface area contributed by atoms with E-state index in [0.717, 1.165) is 64.2 Å². The fourth-order valence-corrected chi connectivity index (χ4v) is 7.66. The summed E-state index contributed by atoms with van der Waals surface area (Å²) < 4.78 is 33.5. The maximum Gasteiger partial charge on any atom is 0.306 e. The highest BCUT2D eigenvalue weighted by Gasteiger charge is 2.47. The first-order chi connectivity index (χ1) is 32.0. The number of unbranched alkanes of at least 4 members (excludes halogenated alkanes) is 16. The predicted octanol–water partition coefficient (Wildman–Crippen LogP) is 6.71. The predicted molar refractivity (Wildman–Crippen MR) is 252 cm³/mol. The molecule has 0 spiro atoms. The highest BCUT2D eigenvalue weighted by Crippen LogP contribution is 2.26. The molecular formula is C51H88O15. The molecule has 0 radical (unpaired) electrons. The van der Waals surface area contributed by atoms with Crippen molar-refractivity contribution in [1.29, 1.82) is 0 Å². The molecule has 0 aromatic carbocycles. The summed E-state index contributed by atoms with van der Waals surface area (Å²) in [5, 5.41) is 72.0. The molecule has 15 heteroatoms. The minimum atomic E-state index is -1.77. The van der Waals surface area contributed by atoms with Crippen LogP contribution in [0, 0.1) is 0 Å². The van der Waals surface area contributed by atoms with E-state index < -0.39 is 99.3 Å². The fraction of sp³-hybridized carbons (Fsp3) is 0.804. The summed E-state index contributed by atoms with van der Waals surface area (Å²) in [6.07, 6.45) is 24.4. The minimum Gasteiger partial charge on any atom is -0.462 e. The van der Waals surface area contributed by atoms with E-state index in [1.54, 1.807) is 0 Å². The van der Waals surface area contributed by atoms with Gasteiger partial charge in [0.05, 0.1) is 19.8 Å². The molecule has 2 saturated heterocycles. The number of aliphatic hydroxyl groups excluding tert-OH is 7. The number of rotatable bonds is 38. The van der Waals surface area contributed by atoms with Gasteiger partial charge in [0, 0.05) is 12.8 Å². The number of hydrogen-bond acceptors (Lipinski definition) is 15. The Morgan fingerprint density at radius 3 is 1.58 bits per heavy atom. The lowest BCUT2D eigenvalue weighted by atomic mass is 9.98. The van der Waals surface area contributed by atoms with E-state index in [4.69, 9.17) is 28.4 Å². The standard InChI is InChI=1S/C51H88O15/c1-3-5-7-9-11-13-15-17-19-21-23-25-27-29-31-33-42(53)61-36-39(64-43(54)34-32-30-28-26-24-22-20-18-16-14-12-10-8-6-4-2)37-62-50-49(60)47(58)45(56)41(66-50)38-63-51-48(59)46(57)44(55)40(35-52)65-51/h5,7,11,13,17,19,28,30,39-41,44-52,55-60H,3-4,6,8-10,12,14-16,18,20-27,29,31-38H2,1-2H3/b7-5+,13-11+,19-17+,30-28+/t39-,40-,41-,44+,45+,46?,47?,48?,49?,50-,51-/m1/s1. The van der Waals surface area contributed by atoms with Crippen molar-refractivity contribution in [2.24, 2.45) is 0 Å². The molecule has 2 fully saturated rings. The van der Waals surface area contributed by atoms with Gasteiger partial charge in [-0.25, -0.2) is 0 Å². The molecule has 66 heavy (non-hydrogen) atoms. The van der Waals surface area contributed by atoms with Gasteiger partial charge in [-0.1, -0.05) is 146 Å². The summed E-state index contributed by atoms with van der Waals surface area (Å²) in [6.45, 7) is 2.41. The van der Waals surface area contributed by atoms with Crippen LogP contribution in [0.3, 0.4) is 0 Å². The third-order valence-corrected chi connectivity index (χ3v) is 11.8. The molecule has 11 atom stereocenters. The van der Waals surface area contributed by atoms with Gasteiger partial charge in [0.2, 0.25) is 0 Å². The Labute approximate surface area is 395 Å². The van der Waals surface area contributed by atoms with Crippen molar-refractivity contribution in [3.63, 3.8) is 0 Å². The number of aliphatic hydroxyl groups is 7. The monoisotopic (exact) mass is 941 g/mol. The van der Waals surface area contributed by atoms with Gasteiger partial charge in [0.15, 0.2) is 18.7 Å². The van der Waals surface area contributed by atoms with Gasteiger partial charge < -0.3 is 64.2 Å². The number of allylic oxidation sites excluding steroid dienone is 8. The maximum absolute atomic E-state index is 13.0. The Hall–Kier alpha value is -2.54. The normalized spacial score (nSPS) is 26.6. The summed E-state index contributed by atoms with van der Waals surface area (Å²) in [5.74, 6) is -1.00. The van der Waals surface area contributed by atoms with Gasteiger partial charge in [0.1, 0.15) is 55.4 Å². The average Bonchev–Trinajstić information content (AvgIpc) is 3.31.